The molecule has 6 nitrogen and oxygen atoms in total. The molecule has 0 atom stereocenters. The summed E-state index contributed by atoms with van der Waals surface area (Å²) in [6, 6.07) is 0. The van der Waals surface area contributed by atoms with Crippen LogP contribution in [0.5, 0.6) is 0 Å². The van der Waals surface area contributed by atoms with E-state index in [0.29, 0.717) is 5.84 Å². The molecule has 1 aliphatic heterocycles. The summed E-state index contributed by atoms with van der Waals surface area (Å²) >= 11 is 1.57. The number of amides is 1. The molecule has 0 bridgehead atoms. The fourth-order valence-electron chi connectivity index (χ4n) is 1.67. The van der Waals surface area contributed by atoms with Crippen LogP contribution in [-0.4, -0.2) is 27.7 Å². The van der Waals surface area contributed by atoms with E-state index in [1.807, 2.05) is 22.9 Å². The molecular formula is C9H9N5OS. The highest BCUT2D eigenvalue weighted by Crippen LogP contribution is 2.17. The standard InChI is InChI=1S/C9H9N5OS/c1-5-7(8-10-4-6(15)12-13-8)14-2-3-16-9(14)11-5/h2-3H,4H2,1H3,(H,10,13)(H,12,15). The van der Waals surface area contributed by atoms with Gasteiger partial charge in [0, 0.05) is 11.6 Å². The van der Waals surface area contributed by atoms with Crippen LogP contribution in [0.4, 0.5) is 0 Å². The smallest absolute Gasteiger partial charge is 0.260 e. The van der Waals surface area contributed by atoms with Crippen molar-refractivity contribution in [3.63, 3.8) is 0 Å². The number of hydrogen-bond donors (Lipinski definition) is 2. The molecule has 0 spiro atoms. The first-order valence-corrected chi connectivity index (χ1v) is 5.65. The maximum absolute atomic E-state index is 11.0. The highest BCUT2D eigenvalue weighted by atomic mass is 32.1. The van der Waals surface area contributed by atoms with E-state index in [1.165, 1.54) is 0 Å². The average Bonchev–Trinajstić information content (AvgIpc) is 2.79. The van der Waals surface area contributed by atoms with Crippen LogP contribution in [0, 0.1) is 6.92 Å². The van der Waals surface area contributed by atoms with E-state index < -0.39 is 0 Å². The Labute approximate surface area is 95.0 Å². The van der Waals surface area contributed by atoms with Crippen molar-refractivity contribution in [2.75, 3.05) is 6.54 Å². The van der Waals surface area contributed by atoms with Crippen LogP contribution in [-0.2, 0) is 4.79 Å². The van der Waals surface area contributed by atoms with Crippen LogP contribution in [0.1, 0.15) is 11.4 Å². The van der Waals surface area contributed by atoms with Gasteiger partial charge in [0.15, 0.2) is 10.8 Å². The summed E-state index contributed by atoms with van der Waals surface area (Å²) in [5, 5.41) is 1.97. The van der Waals surface area contributed by atoms with Gasteiger partial charge in [-0.25, -0.2) is 4.98 Å². The van der Waals surface area contributed by atoms with Crippen molar-refractivity contribution in [2.24, 2.45) is 4.99 Å². The molecule has 0 unspecified atom stereocenters. The summed E-state index contributed by atoms with van der Waals surface area (Å²) in [6.07, 6.45) is 1.94. The van der Waals surface area contributed by atoms with Crippen LogP contribution in [0.2, 0.25) is 0 Å². The molecule has 1 amide bonds. The molecule has 0 aliphatic carbocycles. The normalized spacial score (nSPS) is 15.8. The number of nitrogens with zero attached hydrogens (tertiary/aromatic N) is 3. The van der Waals surface area contributed by atoms with Crippen LogP contribution in [0.3, 0.4) is 0 Å². The Morgan fingerprint density at radius 2 is 2.38 bits per heavy atom. The van der Waals surface area contributed by atoms with Crippen molar-refractivity contribution in [1.82, 2.24) is 20.2 Å². The number of carbonyl (C=O) groups is 1. The van der Waals surface area contributed by atoms with Crippen LogP contribution in [0.25, 0.3) is 4.96 Å². The Bertz CT molecular complexity index is 596. The SMILES string of the molecule is Cc1nc2sccn2c1C1=NCC(=O)NN1. The number of hydrogen-bond acceptors (Lipinski definition) is 5. The zero-order chi connectivity index (χ0) is 11.1. The Morgan fingerprint density at radius 1 is 1.50 bits per heavy atom. The van der Waals surface area contributed by atoms with E-state index in [2.05, 4.69) is 20.8 Å². The zero-order valence-electron chi connectivity index (χ0n) is 8.52. The van der Waals surface area contributed by atoms with Gasteiger partial charge in [-0.05, 0) is 6.92 Å². The maximum Gasteiger partial charge on any atom is 0.260 e. The number of fused-ring (bicyclic) bond motifs is 1. The number of amidine groups is 1. The zero-order valence-corrected chi connectivity index (χ0v) is 9.34. The molecule has 16 heavy (non-hydrogen) atoms. The third kappa shape index (κ3) is 1.28. The Balaban J connectivity index is 2.14. The lowest BCUT2D eigenvalue weighted by Gasteiger charge is -2.15. The fraction of sp³-hybridized carbons (Fsp3) is 0.222. The van der Waals surface area contributed by atoms with Crippen LogP contribution in [0.15, 0.2) is 16.6 Å². The molecule has 2 N–H and O–H groups in total. The molecule has 2 aromatic heterocycles. The van der Waals surface area contributed by atoms with Crippen molar-refractivity contribution in [1.29, 1.82) is 0 Å². The summed E-state index contributed by atoms with van der Waals surface area (Å²) in [6.45, 7) is 2.08. The van der Waals surface area contributed by atoms with Crippen molar-refractivity contribution in [3.8, 4) is 0 Å². The molecule has 2 aromatic rings. The molecule has 0 radical (unpaired) electrons. The lowest BCUT2D eigenvalue weighted by atomic mass is 10.3. The number of aryl methyl sites for hydroxylation is 1. The second kappa shape index (κ2) is 3.31. The summed E-state index contributed by atoms with van der Waals surface area (Å²) in [5.74, 6) is 0.524. The van der Waals surface area contributed by atoms with Crippen molar-refractivity contribution < 1.29 is 4.79 Å². The van der Waals surface area contributed by atoms with E-state index in [0.717, 1.165) is 16.3 Å². The van der Waals surface area contributed by atoms with E-state index in [1.54, 1.807) is 11.3 Å². The van der Waals surface area contributed by atoms with Crippen molar-refractivity contribution >= 4 is 28.0 Å². The van der Waals surface area contributed by atoms with Gasteiger partial charge in [-0.1, -0.05) is 0 Å². The lowest BCUT2D eigenvalue weighted by molar-refractivity contribution is -0.120. The third-order valence-corrected chi connectivity index (χ3v) is 3.12. The summed E-state index contributed by atoms with van der Waals surface area (Å²) in [5.41, 5.74) is 7.13. The Hall–Kier alpha value is -1.89. The molecule has 0 fully saturated rings. The number of carbonyl (C=O) groups excluding carboxylic acids is 1. The van der Waals surface area contributed by atoms with Gasteiger partial charge in [-0.15, -0.1) is 11.3 Å². The first-order chi connectivity index (χ1) is 7.75. The van der Waals surface area contributed by atoms with Gasteiger partial charge in [0.25, 0.3) is 5.91 Å². The van der Waals surface area contributed by atoms with Crippen LogP contribution >= 0.6 is 11.3 Å². The van der Waals surface area contributed by atoms with Crippen molar-refractivity contribution in [3.05, 3.63) is 23.0 Å². The number of aliphatic imine (C=N–C) groups is 1. The summed E-state index contributed by atoms with van der Waals surface area (Å²) in [4.78, 5) is 20.5. The van der Waals surface area contributed by atoms with Gasteiger partial charge in [0.1, 0.15) is 12.2 Å². The summed E-state index contributed by atoms with van der Waals surface area (Å²) in [7, 11) is 0. The monoisotopic (exact) mass is 235 g/mol. The number of rotatable bonds is 1. The minimum absolute atomic E-state index is 0.132. The molecule has 3 heterocycles. The minimum Gasteiger partial charge on any atom is -0.287 e. The highest BCUT2D eigenvalue weighted by Gasteiger charge is 2.18. The predicted octanol–water partition coefficient (Wildman–Crippen LogP) is 0.0852. The molecule has 82 valence electrons. The quantitative estimate of drug-likeness (QED) is 0.735. The lowest BCUT2D eigenvalue weighted by Crippen LogP contribution is -2.47. The van der Waals surface area contributed by atoms with E-state index in [4.69, 9.17) is 0 Å². The van der Waals surface area contributed by atoms with Crippen LogP contribution < -0.4 is 10.9 Å². The number of aromatic nitrogens is 2. The highest BCUT2D eigenvalue weighted by molar-refractivity contribution is 7.15. The number of nitrogens with one attached hydrogen (secondary N) is 2. The molecule has 0 aromatic carbocycles. The van der Waals surface area contributed by atoms with E-state index in [9.17, 15) is 4.79 Å². The molecule has 7 heteroatoms. The number of hydrazine groups is 1. The largest absolute Gasteiger partial charge is 0.287 e. The van der Waals surface area contributed by atoms with Gasteiger partial charge in [-0.3, -0.25) is 25.0 Å². The molecule has 1 aliphatic rings. The van der Waals surface area contributed by atoms with Gasteiger partial charge >= 0.3 is 0 Å². The second-order valence-corrected chi connectivity index (χ2v) is 4.31. The van der Waals surface area contributed by atoms with E-state index >= 15 is 0 Å². The first-order valence-electron chi connectivity index (χ1n) is 4.77. The Morgan fingerprint density at radius 3 is 3.12 bits per heavy atom. The molecular weight excluding hydrogens is 226 g/mol. The molecule has 0 saturated carbocycles. The Kier molecular flexibility index (Phi) is 1.93. The second-order valence-electron chi connectivity index (χ2n) is 3.44. The fourth-order valence-corrected chi connectivity index (χ4v) is 2.43. The van der Waals surface area contributed by atoms with Gasteiger partial charge < -0.3 is 0 Å². The molecule has 0 saturated heterocycles. The summed E-state index contributed by atoms with van der Waals surface area (Å²) < 4.78 is 1.96. The van der Waals surface area contributed by atoms with Gasteiger partial charge in [0.2, 0.25) is 0 Å². The minimum atomic E-state index is -0.132. The number of imidazole rings is 1. The molecule has 3 rings (SSSR count). The number of thiazole rings is 1. The average molecular weight is 235 g/mol. The van der Waals surface area contributed by atoms with Gasteiger partial charge in [0.05, 0.1) is 5.69 Å². The predicted molar refractivity (Wildman–Crippen MR) is 60.5 cm³/mol. The van der Waals surface area contributed by atoms with Gasteiger partial charge in [-0.2, -0.15) is 0 Å². The third-order valence-electron chi connectivity index (χ3n) is 2.36. The van der Waals surface area contributed by atoms with E-state index in [-0.39, 0.29) is 12.5 Å². The first kappa shape index (κ1) is 9.34. The maximum atomic E-state index is 11.0. The topological polar surface area (TPSA) is 70.8 Å². The van der Waals surface area contributed by atoms with Crippen molar-refractivity contribution in [2.45, 2.75) is 6.92 Å².